The summed E-state index contributed by atoms with van der Waals surface area (Å²) in [5.74, 6) is 0.655. The van der Waals surface area contributed by atoms with Gasteiger partial charge >= 0.3 is 0 Å². The zero-order valence-electron chi connectivity index (χ0n) is 6.07. The second-order valence-electron chi connectivity index (χ2n) is 2.68. The van der Waals surface area contributed by atoms with Crippen molar-refractivity contribution in [2.24, 2.45) is 5.92 Å². The molecule has 0 nitrogen and oxygen atoms in total. The Bertz CT molecular complexity index is 190. The SMILES string of the molecule is C=C=C(C)C1C=C(C)C1. The van der Waals surface area contributed by atoms with Crippen LogP contribution in [0.5, 0.6) is 0 Å². The minimum Gasteiger partial charge on any atom is -0.129 e. The maximum atomic E-state index is 3.60. The average Bonchev–Trinajstić information content (AvgIpc) is 1.79. The Balaban J connectivity index is 2.62. The Morgan fingerprint density at radius 2 is 2.44 bits per heavy atom. The van der Waals surface area contributed by atoms with E-state index < -0.39 is 0 Å². The van der Waals surface area contributed by atoms with Crippen molar-refractivity contribution in [2.75, 3.05) is 0 Å². The largest absolute Gasteiger partial charge is 0.129 e. The van der Waals surface area contributed by atoms with Gasteiger partial charge in [0.2, 0.25) is 0 Å². The molecule has 0 spiro atoms. The van der Waals surface area contributed by atoms with Crippen molar-refractivity contribution in [1.29, 1.82) is 0 Å². The summed E-state index contributed by atoms with van der Waals surface area (Å²) in [6.45, 7) is 7.84. The monoisotopic (exact) mass is 120 g/mol. The number of hydrogen-bond donors (Lipinski definition) is 0. The van der Waals surface area contributed by atoms with E-state index in [2.05, 4.69) is 32.2 Å². The van der Waals surface area contributed by atoms with E-state index in [9.17, 15) is 0 Å². The van der Waals surface area contributed by atoms with Gasteiger partial charge in [0.05, 0.1) is 0 Å². The average molecular weight is 120 g/mol. The zero-order chi connectivity index (χ0) is 6.85. The number of allylic oxidation sites excluding steroid dienone is 3. The van der Waals surface area contributed by atoms with Crippen LogP contribution in [-0.4, -0.2) is 0 Å². The summed E-state index contributed by atoms with van der Waals surface area (Å²) in [4.78, 5) is 0. The molecule has 0 saturated heterocycles. The third-order valence-electron chi connectivity index (χ3n) is 1.86. The van der Waals surface area contributed by atoms with Crippen LogP contribution in [0, 0.1) is 5.92 Å². The predicted octanol–water partition coefficient (Wildman–Crippen LogP) is 2.68. The molecule has 0 aromatic heterocycles. The molecule has 0 heterocycles. The van der Waals surface area contributed by atoms with Gasteiger partial charge in [-0.2, -0.15) is 0 Å². The van der Waals surface area contributed by atoms with Crippen molar-refractivity contribution in [3.05, 3.63) is 29.5 Å². The van der Waals surface area contributed by atoms with Crippen LogP contribution in [0.4, 0.5) is 0 Å². The zero-order valence-corrected chi connectivity index (χ0v) is 6.07. The van der Waals surface area contributed by atoms with Crippen LogP contribution >= 0.6 is 0 Å². The van der Waals surface area contributed by atoms with Crippen molar-refractivity contribution in [3.8, 4) is 0 Å². The van der Waals surface area contributed by atoms with Crippen LogP contribution in [-0.2, 0) is 0 Å². The molecular weight excluding hydrogens is 108 g/mol. The maximum Gasteiger partial charge on any atom is 0.00893 e. The lowest BCUT2D eigenvalue weighted by Crippen LogP contribution is -2.08. The van der Waals surface area contributed by atoms with Crippen molar-refractivity contribution in [1.82, 2.24) is 0 Å². The fourth-order valence-corrected chi connectivity index (χ4v) is 1.07. The fourth-order valence-electron chi connectivity index (χ4n) is 1.07. The molecule has 0 aromatic carbocycles. The first-order valence-corrected chi connectivity index (χ1v) is 3.28. The minimum atomic E-state index is 0.655. The van der Waals surface area contributed by atoms with Gasteiger partial charge in [-0.15, -0.1) is 5.73 Å². The molecule has 0 radical (unpaired) electrons. The van der Waals surface area contributed by atoms with Gasteiger partial charge in [0, 0.05) is 5.92 Å². The molecule has 1 aliphatic rings. The fraction of sp³-hybridized carbons (Fsp3) is 0.444. The summed E-state index contributed by atoms with van der Waals surface area (Å²) in [5, 5.41) is 0. The van der Waals surface area contributed by atoms with E-state index in [0.717, 1.165) is 0 Å². The maximum absolute atomic E-state index is 3.60. The van der Waals surface area contributed by atoms with Gasteiger partial charge in [0.1, 0.15) is 0 Å². The molecular formula is C9H12. The van der Waals surface area contributed by atoms with Gasteiger partial charge in [0.15, 0.2) is 0 Å². The summed E-state index contributed by atoms with van der Waals surface area (Å²) >= 11 is 0. The van der Waals surface area contributed by atoms with Crippen molar-refractivity contribution in [2.45, 2.75) is 20.3 Å². The lowest BCUT2D eigenvalue weighted by molar-refractivity contribution is 0.668. The van der Waals surface area contributed by atoms with E-state index >= 15 is 0 Å². The molecule has 0 N–H and O–H groups in total. The van der Waals surface area contributed by atoms with Gasteiger partial charge in [-0.25, -0.2) is 0 Å². The first-order chi connectivity index (χ1) is 4.24. The molecule has 0 fully saturated rings. The number of hydrogen-bond acceptors (Lipinski definition) is 0. The highest BCUT2D eigenvalue weighted by atomic mass is 14.2. The first-order valence-electron chi connectivity index (χ1n) is 3.28. The third kappa shape index (κ3) is 1.14. The molecule has 0 amide bonds. The van der Waals surface area contributed by atoms with Crippen LogP contribution in [0.3, 0.4) is 0 Å². The van der Waals surface area contributed by atoms with Gasteiger partial charge in [-0.3, -0.25) is 0 Å². The van der Waals surface area contributed by atoms with E-state index in [1.165, 1.54) is 17.6 Å². The molecule has 1 rings (SSSR count). The second-order valence-corrected chi connectivity index (χ2v) is 2.68. The van der Waals surface area contributed by atoms with Crippen LogP contribution in [0.25, 0.3) is 0 Å². The van der Waals surface area contributed by atoms with E-state index in [1.54, 1.807) is 0 Å². The smallest absolute Gasteiger partial charge is 0.00893 e. The van der Waals surface area contributed by atoms with Crippen molar-refractivity contribution < 1.29 is 0 Å². The van der Waals surface area contributed by atoms with E-state index in [1.807, 2.05) is 0 Å². The molecule has 0 aliphatic heterocycles. The molecule has 0 heteroatoms. The molecule has 48 valence electrons. The molecule has 0 bridgehead atoms. The minimum absolute atomic E-state index is 0.655. The Morgan fingerprint density at radius 3 is 2.78 bits per heavy atom. The predicted molar refractivity (Wildman–Crippen MR) is 40.2 cm³/mol. The number of rotatable bonds is 1. The lowest BCUT2D eigenvalue weighted by Gasteiger charge is -2.22. The van der Waals surface area contributed by atoms with Gasteiger partial charge in [-0.05, 0) is 25.8 Å². The normalized spacial score (nSPS) is 23.8. The highest BCUT2D eigenvalue weighted by Crippen LogP contribution is 2.30. The molecule has 0 aromatic rings. The van der Waals surface area contributed by atoms with Crippen LogP contribution in [0.2, 0.25) is 0 Å². The van der Waals surface area contributed by atoms with Crippen molar-refractivity contribution >= 4 is 0 Å². The summed E-state index contributed by atoms with van der Waals surface area (Å²) in [6.07, 6.45) is 3.49. The summed E-state index contributed by atoms with van der Waals surface area (Å²) in [5.41, 5.74) is 5.68. The summed E-state index contributed by atoms with van der Waals surface area (Å²) in [6, 6.07) is 0. The Morgan fingerprint density at radius 1 is 1.89 bits per heavy atom. The molecule has 1 atom stereocenters. The van der Waals surface area contributed by atoms with Gasteiger partial charge < -0.3 is 0 Å². The quantitative estimate of drug-likeness (QED) is 0.368. The highest BCUT2D eigenvalue weighted by Gasteiger charge is 2.16. The molecule has 9 heavy (non-hydrogen) atoms. The highest BCUT2D eigenvalue weighted by molar-refractivity contribution is 5.24. The van der Waals surface area contributed by atoms with E-state index in [-0.39, 0.29) is 0 Å². The standard InChI is InChI=1S/C9H12/c1-4-8(3)9-5-7(2)6-9/h5,9H,1,6H2,2-3H3. The third-order valence-corrected chi connectivity index (χ3v) is 1.86. The molecule has 1 aliphatic carbocycles. The van der Waals surface area contributed by atoms with Crippen LogP contribution in [0.15, 0.2) is 29.5 Å². The van der Waals surface area contributed by atoms with Gasteiger partial charge in [-0.1, -0.05) is 18.2 Å². The van der Waals surface area contributed by atoms with Gasteiger partial charge in [0.25, 0.3) is 0 Å². The molecule has 0 saturated carbocycles. The first kappa shape index (κ1) is 6.38. The van der Waals surface area contributed by atoms with E-state index in [0.29, 0.717) is 5.92 Å². The van der Waals surface area contributed by atoms with Crippen LogP contribution < -0.4 is 0 Å². The Kier molecular flexibility index (Phi) is 1.59. The molecule has 1 unspecified atom stereocenters. The Labute approximate surface area is 56.6 Å². The van der Waals surface area contributed by atoms with Crippen molar-refractivity contribution in [3.63, 3.8) is 0 Å². The second kappa shape index (κ2) is 2.24. The summed E-state index contributed by atoms with van der Waals surface area (Å²) < 4.78 is 0. The van der Waals surface area contributed by atoms with Crippen LogP contribution in [0.1, 0.15) is 20.3 Å². The Hall–Kier alpha value is -0.740. The topological polar surface area (TPSA) is 0 Å². The summed E-state index contributed by atoms with van der Waals surface area (Å²) in [7, 11) is 0. The lowest BCUT2D eigenvalue weighted by atomic mass is 9.83. The van der Waals surface area contributed by atoms with E-state index in [4.69, 9.17) is 0 Å².